The number of hydrogen-bond donors (Lipinski definition) is 1. The molecule has 3 aromatic carbocycles. The van der Waals surface area contributed by atoms with Crippen molar-refractivity contribution in [2.75, 3.05) is 6.54 Å². The van der Waals surface area contributed by atoms with Crippen LogP contribution >= 0.6 is 0 Å². The van der Waals surface area contributed by atoms with Crippen LogP contribution < -0.4 is 5.32 Å². The Balaban J connectivity index is 1.92. The minimum Gasteiger partial charge on any atom is -0.293 e. The van der Waals surface area contributed by atoms with Crippen LogP contribution in [-0.2, 0) is 12.0 Å². The molecule has 1 atom stereocenters. The molecule has 1 aliphatic rings. The zero-order valence-electron chi connectivity index (χ0n) is 13.5. The van der Waals surface area contributed by atoms with E-state index in [4.69, 9.17) is 0 Å². The summed E-state index contributed by atoms with van der Waals surface area (Å²) in [6.45, 7) is 0.926. The molecule has 1 heterocycles. The topological polar surface area (TPSA) is 12.0 Å². The zero-order valence-corrected chi connectivity index (χ0v) is 13.5. The highest BCUT2D eigenvalue weighted by atomic mass is 15.0. The first-order chi connectivity index (χ1) is 11.9. The van der Waals surface area contributed by atoms with Gasteiger partial charge in [-0.3, -0.25) is 5.32 Å². The summed E-state index contributed by atoms with van der Waals surface area (Å²) in [6.07, 6.45) is 1.04. The Morgan fingerprint density at radius 3 is 2.21 bits per heavy atom. The van der Waals surface area contributed by atoms with Crippen molar-refractivity contribution >= 4 is 0 Å². The van der Waals surface area contributed by atoms with Gasteiger partial charge in [-0.25, -0.2) is 0 Å². The lowest BCUT2D eigenvalue weighted by Gasteiger charge is -2.36. The third kappa shape index (κ3) is 2.62. The Labute approximate surface area is 143 Å². The lowest BCUT2D eigenvalue weighted by atomic mass is 9.77. The van der Waals surface area contributed by atoms with Gasteiger partial charge in [0.25, 0.3) is 0 Å². The van der Waals surface area contributed by atoms with Crippen LogP contribution in [-0.4, -0.2) is 6.54 Å². The molecule has 4 rings (SSSR count). The van der Waals surface area contributed by atoms with Gasteiger partial charge in [-0.1, -0.05) is 84.6 Å². The largest absolute Gasteiger partial charge is 0.293 e. The molecule has 24 heavy (non-hydrogen) atoms. The molecule has 0 saturated heterocycles. The van der Waals surface area contributed by atoms with Gasteiger partial charge in [-0.15, -0.1) is 0 Å². The fourth-order valence-electron chi connectivity index (χ4n) is 3.40. The molecule has 0 radical (unpaired) electrons. The quantitative estimate of drug-likeness (QED) is 0.667. The van der Waals surface area contributed by atoms with E-state index in [1.807, 2.05) is 18.2 Å². The highest BCUT2D eigenvalue weighted by molar-refractivity contribution is 5.53. The Bertz CT molecular complexity index is 887. The summed E-state index contributed by atoms with van der Waals surface area (Å²) in [4.78, 5) is 0. The first-order valence-corrected chi connectivity index (χ1v) is 8.36. The predicted octanol–water partition coefficient (Wildman–Crippen LogP) is 4.13. The van der Waals surface area contributed by atoms with Gasteiger partial charge in [0.2, 0.25) is 0 Å². The third-order valence-corrected chi connectivity index (χ3v) is 4.58. The van der Waals surface area contributed by atoms with Crippen molar-refractivity contribution in [3.63, 3.8) is 0 Å². The van der Waals surface area contributed by atoms with Gasteiger partial charge in [-0.05, 0) is 35.2 Å². The molecule has 0 spiro atoms. The Morgan fingerprint density at radius 2 is 1.42 bits per heavy atom. The molecule has 0 bridgehead atoms. The van der Waals surface area contributed by atoms with Gasteiger partial charge < -0.3 is 0 Å². The monoisotopic (exact) mass is 309 g/mol. The van der Waals surface area contributed by atoms with Crippen LogP contribution in [0.3, 0.4) is 0 Å². The van der Waals surface area contributed by atoms with E-state index in [0.29, 0.717) is 0 Å². The molecule has 116 valence electrons. The summed E-state index contributed by atoms with van der Waals surface area (Å²) >= 11 is 0. The van der Waals surface area contributed by atoms with E-state index in [1.54, 1.807) is 0 Å². The molecule has 0 fully saturated rings. The molecule has 1 heteroatoms. The fourth-order valence-corrected chi connectivity index (χ4v) is 3.40. The molecule has 0 saturated carbocycles. The van der Waals surface area contributed by atoms with Crippen molar-refractivity contribution in [2.45, 2.75) is 12.0 Å². The number of benzene rings is 3. The number of hydrogen-bond acceptors (Lipinski definition) is 1. The van der Waals surface area contributed by atoms with Crippen LogP contribution in [0.25, 0.3) is 0 Å². The van der Waals surface area contributed by atoms with E-state index >= 15 is 0 Å². The van der Waals surface area contributed by atoms with Gasteiger partial charge >= 0.3 is 0 Å². The second-order valence-electron chi connectivity index (χ2n) is 6.07. The Kier molecular flexibility index (Phi) is 3.91. The van der Waals surface area contributed by atoms with Crippen molar-refractivity contribution in [2.24, 2.45) is 0 Å². The van der Waals surface area contributed by atoms with Crippen molar-refractivity contribution in [3.8, 4) is 11.8 Å². The van der Waals surface area contributed by atoms with E-state index in [0.717, 1.165) is 18.5 Å². The highest BCUT2D eigenvalue weighted by Gasteiger charge is 2.36. The van der Waals surface area contributed by atoms with E-state index < -0.39 is 5.54 Å². The van der Waals surface area contributed by atoms with Crippen molar-refractivity contribution in [1.82, 2.24) is 5.32 Å². The average molecular weight is 309 g/mol. The smallest absolute Gasteiger partial charge is 0.132 e. The van der Waals surface area contributed by atoms with Gasteiger partial charge in [0, 0.05) is 12.1 Å². The van der Waals surface area contributed by atoms with Crippen LogP contribution in [0.4, 0.5) is 0 Å². The molecular weight excluding hydrogens is 290 g/mol. The minimum absolute atomic E-state index is 0.452. The number of rotatable bonds is 1. The van der Waals surface area contributed by atoms with E-state index in [2.05, 4.69) is 83.9 Å². The summed E-state index contributed by atoms with van der Waals surface area (Å²) in [7, 11) is 0. The van der Waals surface area contributed by atoms with Crippen LogP contribution in [0, 0.1) is 11.8 Å². The summed E-state index contributed by atoms with van der Waals surface area (Å²) in [5.74, 6) is 6.94. The fraction of sp³-hybridized carbons (Fsp3) is 0.130. The number of nitrogens with one attached hydrogen (secondary N) is 1. The Hall–Kier alpha value is -2.82. The molecule has 1 nitrogen and oxygen atoms in total. The standard InChI is InChI=1S/C23H19N/c1-3-9-19(10-4-1)15-17-23(21-12-5-2-6-13-21)22-14-8-7-11-20(22)16-18-24-23/h1-14,24H,16,18H2. The number of fused-ring (bicyclic) bond motifs is 1. The van der Waals surface area contributed by atoms with Crippen LogP contribution in [0.5, 0.6) is 0 Å². The maximum atomic E-state index is 3.70. The molecule has 1 aliphatic heterocycles. The van der Waals surface area contributed by atoms with Gasteiger partial charge in [0.15, 0.2) is 0 Å². The zero-order chi connectivity index (χ0) is 16.2. The van der Waals surface area contributed by atoms with Crippen molar-refractivity contribution in [1.29, 1.82) is 0 Å². The minimum atomic E-state index is -0.452. The van der Waals surface area contributed by atoms with E-state index in [-0.39, 0.29) is 0 Å². The Morgan fingerprint density at radius 1 is 0.750 bits per heavy atom. The highest BCUT2D eigenvalue weighted by Crippen LogP contribution is 2.34. The van der Waals surface area contributed by atoms with Gasteiger partial charge in [-0.2, -0.15) is 0 Å². The summed E-state index contributed by atoms with van der Waals surface area (Å²) in [5, 5.41) is 3.70. The third-order valence-electron chi connectivity index (χ3n) is 4.58. The van der Waals surface area contributed by atoms with E-state index in [1.165, 1.54) is 16.7 Å². The first-order valence-electron chi connectivity index (χ1n) is 8.36. The van der Waals surface area contributed by atoms with Crippen LogP contribution in [0.2, 0.25) is 0 Å². The van der Waals surface area contributed by atoms with Gasteiger partial charge in [0.1, 0.15) is 5.54 Å². The summed E-state index contributed by atoms with van der Waals surface area (Å²) in [5.41, 5.74) is 4.43. The second kappa shape index (κ2) is 6.35. The van der Waals surface area contributed by atoms with Crippen molar-refractivity contribution < 1.29 is 0 Å². The maximum absolute atomic E-state index is 3.70. The van der Waals surface area contributed by atoms with Crippen LogP contribution in [0.1, 0.15) is 22.3 Å². The molecular formula is C23H19N. The summed E-state index contributed by atoms with van der Waals surface area (Å²) < 4.78 is 0. The van der Waals surface area contributed by atoms with Gasteiger partial charge in [0.05, 0.1) is 0 Å². The molecule has 1 N–H and O–H groups in total. The lowest BCUT2D eigenvalue weighted by molar-refractivity contribution is 0.477. The van der Waals surface area contributed by atoms with E-state index in [9.17, 15) is 0 Å². The maximum Gasteiger partial charge on any atom is 0.132 e. The van der Waals surface area contributed by atoms with Crippen LogP contribution in [0.15, 0.2) is 84.9 Å². The molecule has 3 aromatic rings. The molecule has 1 unspecified atom stereocenters. The van der Waals surface area contributed by atoms with Crippen molar-refractivity contribution in [3.05, 3.63) is 107 Å². The first kappa shape index (κ1) is 14.8. The molecule has 0 amide bonds. The predicted molar refractivity (Wildman–Crippen MR) is 98.7 cm³/mol. The SMILES string of the molecule is C(#CC1(c2ccccc2)NCCc2ccccc21)c1ccccc1. The summed E-state index contributed by atoms with van der Waals surface area (Å²) in [6, 6.07) is 29.4. The lowest BCUT2D eigenvalue weighted by Crippen LogP contribution is -2.47. The second-order valence-corrected chi connectivity index (χ2v) is 6.07. The molecule has 0 aromatic heterocycles. The molecule has 0 aliphatic carbocycles. The normalized spacial score (nSPS) is 19.0. The average Bonchev–Trinajstić information content (AvgIpc) is 2.68.